The van der Waals surface area contributed by atoms with Crippen molar-refractivity contribution in [2.45, 2.75) is 18.3 Å². The molecule has 0 spiro atoms. The van der Waals surface area contributed by atoms with Gasteiger partial charge in [-0.3, -0.25) is 4.79 Å². The number of amides is 1. The molecule has 1 amide bonds. The minimum atomic E-state index is -0.366. The Labute approximate surface area is 117 Å². The number of nitriles is 1. The standard InChI is InChI=1S/C17H14N2O/c18-12-13-6-8-15(9-7-13)19-16(20)17(10-11-17)14-4-2-1-3-5-14/h1-9H,10-11H2,(H,19,20). The molecule has 3 rings (SSSR count). The van der Waals surface area contributed by atoms with Gasteiger partial charge >= 0.3 is 0 Å². The molecular weight excluding hydrogens is 248 g/mol. The van der Waals surface area contributed by atoms with Gasteiger partial charge in [0, 0.05) is 5.69 Å². The predicted octanol–water partition coefficient (Wildman–Crippen LogP) is 3.23. The summed E-state index contributed by atoms with van der Waals surface area (Å²) >= 11 is 0. The van der Waals surface area contributed by atoms with Gasteiger partial charge in [0.05, 0.1) is 17.0 Å². The molecule has 0 aliphatic heterocycles. The second kappa shape index (κ2) is 4.82. The quantitative estimate of drug-likeness (QED) is 0.923. The van der Waals surface area contributed by atoms with Crippen molar-refractivity contribution in [1.29, 1.82) is 5.26 Å². The number of nitrogens with zero attached hydrogens (tertiary/aromatic N) is 1. The Kier molecular flexibility index (Phi) is 3.00. The van der Waals surface area contributed by atoms with E-state index >= 15 is 0 Å². The summed E-state index contributed by atoms with van der Waals surface area (Å²) in [6.45, 7) is 0. The third-order valence-corrected chi connectivity index (χ3v) is 3.78. The van der Waals surface area contributed by atoms with Gasteiger partial charge in [-0.1, -0.05) is 30.3 Å². The highest BCUT2D eigenvalue weighted by Gasteiger charge is 2.51. The fraction of sp³-hybridized carbons (Fsp3) is 0.176. The number of rotatable bonds is 3. The summed E-state index contributed by atoms with van der Waals surface area (Å²) in [5.74, 6) is 0.0356. The van der Waals surface area contributed by atoms with Crippen molar-refractivity contribution >= 4 is 11.6 Å². The molecule has 0 atom stereocenters. The first-order valence-electron chi connectivity index (χ1n) is 6.62. The normalized spacial score (nSPS) is 15.2. The second-order valence-electron chi connectivity index (χ2n) is 5.09. The van der Waals surface area contributed by atoms with Gasteiger partial charge < -0.3 is 5.32 Å². The van der Waals surface area contributed by atoms with Gasteiger partial charge in [-0.25, -0.2) is 0 Å². The van der Waals surface area contributed by atoms with Crippen LogP contribution in [0.3, 0.4) is 0 Å². The van der Waals surface area contributed by atoms with Crippen LogP contribution in [-0.4, -0.2) is 5.91 Å². The van der Waals surface area contributed by atoms with E-state index in [4.69, 9.17) is 5.26 Å². The number of benzene rings is 2. The fourth-order valence-electron chi connectivity index (χ4n) is 2.41. The Morgan fingerprint density at radius 3 is 2.25 bits per heavy atom. The van der Waals surface area contributed by atoms with E-state index < -0.39 is 0 Å². The maximum absolute atomic E-state index is 12.5. The van der Waals surface area contributed by atoms with Gasteiger partial charge in [0.2, 0.25) is 5.91 Å². The number of anilines is 1. The van der Waals surface area contributed by atoms with Crippen LogP contribution in [0, 0.1) is 11.3 Å². The van der Waals surface area contributed by atoms with Crippen molar-refractivity contribution in [3.8, 4) is 6.07 Å². The second-order valence-corrected chi connectivity index (χ2v) is 5.09. The van der Waals surface area contributed by atoms with Crippen LogP contribution < -0.4 is 5.32 Å². The maximum Gasteiger partial charge on any atom is 0.235 e. The van der Waals surface area contributed by atoms with Crippen LogP contribution in [0.1, 0.15) is 24.0 Å². The summed E-state index contributed by atoms with van der Waals surface area (Å²) in [7, 11) is 0. The third-order valence-electron chi connectivity index (χ3n) is 3.78. The zero-order chi connectivity index (χ0) is 14.0. The van der Waals surface area contributed by atoms with E-state index in [-0.39, 0.29) is 11.3 Å². The first-order valence-corrected chi connectivity index (χ1v) is 6.62. The Hall–Kier alpha value is -2.60. The molecule has 0 radical (unpaired) electrons. The van der Waals surface area contributed by atoms with E-state index in [1.807, 2.05) is 30.3 Å². The number of carbonyl (C=O) groups is 1. The number of hydrogen-bond acceptors (Lipinski definition) is 2. The smallest absolute Gasteiger partial charge is 0.235 e. The molecule has 1 aliphatic carbocycles. The van der Waals surface area contributed by atoms with Gasteiger partial charge in [0.15, 0.2) is 0 Å². The average molecular weight is 262 g/mol. The van der Waals surface area contributed by atoms with E-state index in [1.165, 1.54) is 0 Å². The summed E-state index contributed by atoms with van der Waals surface area (Å²) in [5, 5.41) is 11.7. The molecule has 2 aromatic carbocycles. The predicted molar refractivity (Wildman–Crippen MR) is 77.1 cm³/mol. The summed E-state index contributed by atoms with van der Waals surface area (Å²) in [4.78, 5) is 12.5. The van der Waals surface area contributed by atoms with Gasteiger partial charge in [0.1, 0.15) is 0 Å². The van der Waals surface area contributed by atoms with Crippen LogP contribution in [-0.2, 0) is 10.2 Å². The lowest BCUT2D eigenvalue weighted by atomic mass is 9.95. The molecule has 1 fully saturated rings. The third kappa shape index (κ3) is 2.17. The summed E-state index contributed by atoms with van der Waals surface area (Å²) in [5.41, 5.74) is 2.03. The van der Waals surface area contributed by atoms with Crippen LogP contribution in [0.15, 0.2) is 54.6 Å². The van der Waals surface area contributed by atoms with E-state index in [0.29, 0.717) is 5.56 Å². The van der Waals surface area contributed by atoms with E-state index in [1.54, 1.807) is 24.3 Å². The van der Waals surface area contributed by atoms with E-state index in [2.05, 4.69) is 11.4 Å². The van der Waals surface area contributed by atoms with Crippen LogP contribution in [0.25, 0.3) is 0 Å². The van der Waals surface area contributed by atoms with E-state index in [0.717, 1.165) is 24.1 Å². The maximum atomic E-state index is 12.5. The van der Waals surface area contributed by atoms with Crippen LogP contribution in [0.5, 0.6) is 0 Å². The topological polar surface area (TPSA) is 52.9 Å². The zero-order valence-electron chi connectivity index (χ0n) is 11.0. The van der Waals surface area contributed by atoms with Gasteiger partial charge in [-0.15, -0.1) is 0 Å². The van der Waals surface area contributed by atoms with E-state index in [9.17, 15) is 4.79 Å². The van der Waals surface area contributed by atoms with Gasteiger partial charge in [0.25, 0.3) is 0 Å². The minimum Gasteiger partial charge on any atom is -0.325 e. The van der Waals surface area contributed by atoms with Crippen molar-refractivity contribution in [1.82, 2.24) is 0 Å². The molecular formula is C17H14N2O. The lowest BCUT2D eigenvalue weighted by molar-refractivity contribution is -0.118. The molecule has 2 aromatic rings. The molecule has 3 nitrogen and oxygen atoms in total. The largest absolute Gasteiger partial charge is 0.325 e. The molecule has 0 aromatic heterocycles. The summed E-state index contributed by atoms with van der Waals surface area (Å²) in [6, 6.07) is 18.9. The number of nitrogens with one attached hydrogen (secondary N) is 1. The van der Waals surface area contributed by atoms with Crippen molar-refractivity contribution in [2.75, 3.05) is 5.32 Å². The number of carbonyl (C=O) groups excluding carboxylic acids is 1. The highest BCUT2D eigenvalue weighted by Crippen LogP contribution is 2.48. The summed E-state index contributed by atoms with van der Waals surface area (Å²) in [6.07, 6.45) is 1.78. The molecule has 0 unspecified atom stereocenters. The molecule has 3 heteroatoms. The Bertz CT molecular complexity index is 664. The van der Waals surface area contributed by atoms with Gasteiger partial charge in [-0.05, 0) is 42.7 Å². The molecule has 98 valence electrons. The SMILES string of the molecule is N#Cc1ccc(NC(=O)C2(c3ccccc3)CC2)cc1. The van der Waals surface area contributed by atoms with Crippen LogP contribution in [0.2, 0.25) is 0 Å². The zero-order valence-corrected chi connectivity index (χ0v) is 11.0. The summed E-state index contributed by atoms with van der Waals surface area (Å²) < 4.78 is 0. The van der Waals surface area contributed by atoms with Crippen molar-refractivity contribution < 1.29 is 4.79 Å². The Morgan fingerprint density at radius 2 is 1.70 bits per heavy atom. The fourth-order valence-corrected chi connectivity index (χ4v) is 2.41. The highest BCUT2D eigenvalue weighted by atomic mass is 16.2. The Balaban J connectivity index is 1.78. The monoisotopic (exact) mass is 262 g/mol. The van der Waals surface area contributed by atoms with Gasteiger partial charge in [-0.2, -0.15) is 5.26 Å². The molecule has 0 bridgehead atoms. The van der Waals surface area contributed by atoms with Crippen molar-refractivity contribution in [2.24, 2.45) is 0 Å². The molecule has 1 saturated carbocycles. The lowest BCUT2D eigenvalue weighted by Gasteiger charge is -2.15. The molecule has 20 heavy (non-hydrogen) atoms. The van der Waals surface area contributed by atoms with Crippen LogP contribution in [0.4, 0.5) is 5.69 Å². The molecule has 0 heterocycles. The first kappa shape index (κ1) is 12.4. The minimum absolute atomic E-state index is 0.0356. The van der Waals surface area contributed by atoms with Crippen LogP contribution >= 0.6 is 0 Å². The molecule has 1 aliphatic rings. The molecule has 0 saturated heterocycles. The Morgan fingerprint density at radius 1 is 1.05 bits per heavy atom. The highest BCUT2D eigenvalue weighted by molar-refractivity contribution is 6.01. The van der Waals surface area contributed by atoms with Crippen molar-refractivity contribution in [3.63, 3.8) is 0 Å². The molecule has 1 N–H and O–H groups in total. The number of hydrogen-bond donors (Lipinski definition) is 1. The first-order chi connectivity index (χ1) is 9.74. The lowest BCUT2D eigenvalue weighted by Crippen LogP contribution is -2.27. The van der Waals surface area contributed by atoms with Crippen molar-refractivity contribution in [3.05, 3.63) is 65.7 Å². The average Bonchev–Trinajstić information content (AvgIpc) is 3.31.